The Morgan fingerprint density at radius 2 is 2.12 bits per heavy atom. The second-order valence-electron chi connectivity index (χ2n) is 6.33. The number of nitrogens with zero attached hydrogens (tertiary/aromatic N) is 1. The number of ether oxygens (including phenoxy) is 2. The topological polar surface area (TPSA) is 54.9 Å². The van der Waals surface area contributed by atoms with Gasteiger partial charge in [-0.2, -0.15) is 0 Å². The average Bonchev–Trinajstić information content (AvgIpc) is 2.61. The lowest BCUT2D eigenvalue weighted by Gasteiger charge is -2.21. The summed E-state index contributed by atoms with van der Waals surface area (Å²) in [6.45, 7) is 7.18. The minimum absolute atomic E-state index is 0.676. The molecule has 1 aromatic carbocycles. The Morgan fingerprint density at radius 1 is 1.29 bits per heavy atom. The monoisotopic (exact) mass is 333 g/mol. The van der Waals surface area contributed by atoms with Gasteiger partial charge in [-0.25, -0.2) is 0 Å². The van der Waals surface area contributed by atoms with Crippen LogP contribution in [0.15, 0.2) is 29.3 Å². The van der Waals surface area contributed by atoms with Crippen molar-refractivity contribution in [2.24, 2.45) is 10.9 Å². The Balaban J connectivity index is 1.53. The van der Waals surface area contributed by atoms with Gasteiger partial charge in [0.1, 0.15) is 0 Å². The van der Waals surface area contributed by atoms with Gasteiger partial charge in [-0.05, 0) is 37.7 Å². The van der Waals surface area contributed by atoms with Gasteiger partial charge in [0, 0.05) is 46.6 Å². The summed E-state index contributed by atoms with van der Waals surface area (Å²) >= 11 is 0. The molecule has 0 saturated carbocycles. The molecule has 1 saturated heterocycles. The van der Waals surface area contributed by atoms with E-state index in [1.54, 1.807) is 7.05 Å². The number of aryl methyl sites for hydroxylation is 1. The van der Waals surface area contributed by atoms with Crippen LogP contribution in [0.5, 0.6) is 0 Å². The molecule has 0 bridgehead atoms. The van der Waals surface area contributed by atoms with Crippen LogP contribution >= 0.6 is 0 Å². The van der Waals surface area contributed by atoms with Crippen LogP contribution in [0.2, 0.25) is 0 Å². The molecule has 0 unspecified atom stereocenters. The molecule has 0 radical (unpaired) electrons. The second kappa shape index (κ2) is 11.0. The standard InChI is InChI=1S/C19H31N3O2/c1-16-5-3-6-18(13-16)14-22-19(20-2)21-9-4-10-24-15-17-7-11-23-12-8-17/h3,5-6,13,17H,4,7-12,14-15H2,1-2H3,(H2,20,21,22). The molecule has 24 heavy (non-hydrogen) atoms. The van der Waals surface area contributed by atoms with E-state index in [9.17, 15) is 0 Å². The third kappa shape index (κ3) is 7.32. The van der Waals surface area contributed by atoms with Gasteiger partial charge in [0.05, 0.1) is 0 Å². The van der Waals surface area contributed by atoms with Crippen molar-refractivity contribution in [2.45, 2.75) is 32.7 Å². The van der Waals surface area contributed by atoms with E-state index in [1.165, 1.54) is 11.1 Å². The quantitative estimate of drug-likeness (QED) is 0.436. The normalized spacial score (nSPS) is 16.2. The summed E-state index contributed by atoms with van der Waals surface area (Å²) in [7, 11) is 1.80. The largest absolute Gasteiger partial charge is 0.381 e. The van der Waals surface area contributed by atoms with Gasteiger partial charge in [-0.3, -0.25) is 4.99 Å². The summed E-state index contributed by atoms with van der Waals surface area (Å²) in [6, 6.07) is 8.50. The highest BCUT2D eigenvalue weighted by atomic mass is 16.5. The number of rotatable bonds is 8. The third-order valence-electron chi connectivity index (χ3n) is 4.22. The van der Waals surface area contributed by atoms with Crippen molar-refractivity contribution in [3.63, 3.8) is 0 Å². The molecule has 0 atom stereocenters. The van der Waals surface area contributed by atoms with Gasteiger partial charge in [0.2, 0.25) is 0 Å². The van der Waals surface area contributed by atoms with Crippen molar-refractivity contribution in [3.8, 4) is 0 Å². The lowest BCUT2D eigenvalue weighted by molar-refractivity contribution is 0.0203. The van der Waals surface area contributed by atoms with Crippen LogP contribution in [-0.2, 0) is 16.0 Å². The van der Waals surface area contributed by atoms with Crippen LogP contribution in [0.4, 0.5) is 0 Å². The molecule has 1 fully saturated rings. The zero-order valence-corrected chi connectivity index (χ0v) is 15.0. The van der Waals surface area contributed by atoms with Crippen LogP contribution in [0.25, 0.3) is 0 Å². The zero-order valence-electron chi connectivity index (χ0n) is 15.0. The highest BCUT2D eigenvalue weighted by Gasteiger charge is 2.13. The van der Waals surface area contributed by atoms with E-state index in [2.05, 4.69) is 46.8 Å². The van der Waals surface area contributed by atoms with Gasteiger partial charge in [0.15, 0.2) is 5.96 Å². The summed E-state index contributed by atoms with van der Waals surface area (Å²) in [5.74, 6) is 1.51. The van der Waals surface area contributed by atoms with Gasteiger partial charge >= 0.3 is 0 Å². The summed E-state index contributed by atoms with van der Waals surface area (Å²) < 4.78 is 11.1. The maximum absolute atomic E-state index is 5.78. The molecule has 1 heterocycles. The van der Waals surface area contributed by atoms with E-state index in [0.29, 0.717) is 5.92 Å². The fraction of sp³-hybridized carbons (Fsp3) is 0.632. The van der Waals surface area contributed by atoms with Crippen molar-refractivity contribution in [1.82, 2.24) is 10.6 Å². The SMILES string of the molecule is CN=C(NCCCOCC1CCOCC1)NCc1cccc(C)c1. The van der Waals surface area contributed by atoms with E-state index >= 15 is 0 Å². The maximum Gasteiger partial charge on any atom is 0.191 e. The van der Waals surface area contributed by atoms with Gasteiger partial charge in [-0.1, -0.05) is 29.8 Å². The molecule has 1 aromatic rings. The predicted octanol–water partition coefficient (Wildman–Crippen LogP) is 2.49. The first kappa shape index (κ1) is 18.7. The maximum atomic E-state index is 5.78. The Bertz CT molecular complexity index is 499. The highest BCUT2D eigenvalue weighted by Crippen LogP contribution is 2.14. The van der Waals surface area contributed by atoms with Crippen LogP contribution in [0.1, 0.15) is 30.4 Å². The minimum Gasteiger partial charge on any atom is -0.381 e. The van der Waals surface area contributed by atoms with Crippen molar-refractivity contribution >= 4 is 5.96 Å². The van der Waals surface area contributed by atoms with Crippen molar-refractivity contribution in [3.05, 3.63) is 35.4 Å². The Hall–Kier alpha value is -1.59. The molecule has 2 rings (SSSR count). The molecule has 0 amide bonds. The van der Waals surface area contributed by atoms with Crippen LogP contribution in [-0.4, -0.2) is 46.0 Å². The number of hydrogen-bond donors (Lipinski definition) is 2. The van der Waals surface area contributed by atoms with Gasteiger partial charge in [-0.15, -0.1) is 0 Å². The smallest absolute Gasteiger partial charge is 0.191 e. The van der Waals surface area contributed by atoms with E-state index in [0.717, 1.165) is 64.7 Å². The van der Waals surface area contributed by atoms with Crippen LogP contribution in [0, 0.1) is 12.8 Å². The first-order valence-corrected chi connectivity index (χ1v) is 8.93. The Kier molecular flexibility index (Phi) is 8.63. The fourth-order valence-electron chi connectivity index (χ4n) is 2.77. The third-order valence-corrected chi connectivity index (χ3v) is 4.22. The number of benzene rings is 1. The molecule has 2 N–H and O–H groups in total. The van der Waals surface area contributed by atoms with E-state index < -0.39 is 0 Å². The second-order valence-corrected chi connectivity index (χ2v) is 6.33. The van der Waals surface area contributed by atoms with Gasteiger partial charge < -0.3 is 20.1 Å². The van der Waals surface area contributed by atoms with Crippen molar-refractivity contribution in [2.75, 3.05) is 40.0 Å². The molecule has 134 valence electrons. The molecule has 5 heteroatoms. The number of guanidine groups is 1. The summed E-state index contributed by atoms with van der Waals surface area (Å²) in [5, 5.41) is 6.67. The summed E-state index contributed by atoms with van der Waals surface area (Å²) in [4.78, 5) is 4.26. The van der Waals surface area contributed by atoms with Gasteiger partial charge in [0.25, 0.3) is 0 Å². The van der Waals surface area contributed by atoms with Crippen molar-refractivity contribution in [1.29, 1.82) is 0 Å². The first-order valence-electron chi connectivity index (χ1n) is 8.93. The van der Waals surface area contributed by atoms with Crippen LogP contribution in [0.3, 0.4) is 0 Å². The molecular weight excluding hydrogens is 302 g/mol. The Labute approximate surface area is 145 Å². The molecule has 1 aliphatic rings. The minimum atomic E-state index is 0.676. The molecule has 0 aromatic heterocycles. The zero-order chi connectivity index (χ0) is 17.0. The molecule has 0 aliphatic carbocycles. The fourth-order valence-corrected chi connectivity index (χ4v) is 2.77. The highest BCUT2D eigenvalue weighted by molar-refractivity contribution is 5.79. The van der Waals surface area contributed by atoms with E-state index in [4.69, 9.17) is 9.47 Å². The predicted molar refractivity (Wildman–Crippen MR) is 98.4 cm³/mol. The van der Waals surface area contributed by atoms with Crippen molar-refractivity contribution < 1.29 is 9.47 Å². The summed E-state index contributed by atoms with van der Waals surface area (Å²) in [5.41, 5.74) is 2.54. The number of aliphatic imine (C=N–C) groups is 1. The van der Waals surface area contributed by atoms with E-state index in [-0.39, 0.29) is 0 Å². The van der Waals surface area contributed by atoms with E-state index in [1.807, 2.05) is 0 Å². The lowest BCUT2D eigenvalue weighted by Crippen LogP contribution is -2.37. The lowest BCUT2D eigenvalue weighted by atomic mass is 10.0. The van der Waals surface area contributed by atoms with Crippen LogP contribution < -0.4 is 10.6 Å². The molecule has 5 nitrogen and oxygen atoms in total. The molecular formula is C19H31N3O2. The number of hydrogen-bond acceptors (Lipinski definition) is 3. The molecule has 1 aliphatic heterocycles. The number of nitrogens with one attached hydrogen (secondary N) is 2. The molecule has 0 spiro atoms. The summed E-state index contributed by atoms with van der Waals surface area (Å²) in [6.07, 6.45) is 3.25. The average molecular weight is 333 g/mol. The Morgan fingerprint density at radius 3 is 2.88 bits per heavy atom. The first-order chi connectivity index (χ1) is 11.8.